The molecule has 0 bridgehead atoms. The molecule has 2 amide bonds. The number of amides is 2. The Labute approximate surface area is 175 Å². The molecule has 29 heavy (non-hydrogen) atoms. The summed E-state index contributed by atoms with van der Waals surface area (Å²) in [6.45, 7) is 3.30. The smallest absolute Gasteiger partial charge is 0.257 e. The zero-order valence-corrected chi connectivity index (χ0v) is 17.9. The Kier molecular flexibility index (Phi) is 6.47. The van der Waals surface area contributed by atoms with Gasteiger partial charge in [0.2, 0.25) is 11.8 Å². The number of hydrazine groups is 1. The summed E-state index contributed by atoms with van der Waals surface area (Å²) in [5, 5.41) is 5.18. The van der Waals surface area contributed by atoms with Crippen LogP contribution < -0.4 is 15.6 Å². The fourth-order valence-electron chi connectivity index (χ4n) is 2.32. The van der Waals surface area contributed by atoms with Crippen molar-refractivity contribution in [2.24, 2.45) is 0 Å². The van der Waals surface area contributed by atoms with Crippen molar-refractivity contribution >= 4 is 60.8 Å². The van der Waals surface area contributed by atoms with Gasteiger partial charge < -0.3 is 5.32 Å². The Hall–Kier alpha value is -2.54. The Bertz CT molecular complexity index is 1160. The van der Waals surface area contributed by atoms with E-state index in [1.165, 1.54) is 60.6 Å². The predicted molar refractivity (Wildman–Crippen MR) is 112 cm³/mol. The number of aromatic nitrogens is 2. The minimum Gasteiger partial charge on any atom is -0.326 e. The minimum atomic E-state index is -3.94. The van der Waals surface area contributed by atoms with Crippen LogP contribution in [0, 0.1) is 6.92 Å². The average molecular weight is 452 g/mol. The van der Waals surface area contributed by atoms with Crippen LogP contribution in [0.1, 0.15) is 12.5 Å². The highest BCUT2D eigenvalue weighted by Crippen LogP contribution is 2.31. The Morgan fingerprint density at radius 1 is 1.17 bits per heavy atom. The van der Waals surface area contributed by atoms with E-state index < -0.39 is 15.9 Å². The maximum Gasteiger partial charge on any atom is 0.257 e. The molecule has 0 aliphatic rings. The largest absolute Gasteiger partial charge is 0.326 e. The van der Waals surface area contributed by atoms with Crippen LogP contribution in [0.5, 0.6) is 0 Å². The van der Waals surface area contributed by atoms with Crippen LogP contribution in [0.3, 0.4) is 0 Å². The molecule has 1 aromatic carbocycles. The molecule has 0 saturated heterocycles. The number of anilines is 1. The Morgan fingerprint density at radius 3 is 2.59 bits per heavy atom. The van der Waals surface area contributed by atoms with Gasteiger partial charge in [0.15, 0.2) is 0 Å². The second-order valence-electron chi connectivity index (χ2n) is 5.92. The first kappa shape index (κ1) is 21.2. The molecule has 12 heteroatoms. The van der Waals surface area contributed by atoms with E-state index in [1.54, 1.807) is 0 Å². The minimum absolute atomic E-state index is 0.0208. The molecule has 3 rings (SSSR count). The summed E-state index contributed by atoms with van der Waals surface area (Å²) in [6.07, 6.45) is 1.44. The number of hydrogen-bond acceptors (Lipinski definition) is 8. The van der Waals surface area contributed by atoms with E-state index in [2.05, 4.69) is 25.5 Å². The molecule has 9 nitrogen and oxygen atoms in total. The molecule has 2 aromatic heterocycles. The number of nitrogens with one attached hydrogen (secondary N) is 3. The third-order valence-corrected chi connectivity index (χ3v) is 7.12. The Balaban J connectivity index is 1.57. The van der Waals surface area contributed by atoms with Gasteiger partial charge in [-0.2, -0.15) is 0 Å². The number of hydrogen-bond donors (Lipinski definition) is 3. The quantitative estimate of drug-likeness (QED) is 0.285. The van der Waals surface area contributed by atoms with E-state index >= 15 is 0 Å². The van der Waals surface area contributed by atoms with Crippen LogP contribution in [-0.4, -0.2) is 36.0 Å². The second kappa shape index (κ2) is 8.86. The van der Waals surface area contributed by atoms with Crippen molar-refractivity contribution in [1.82, 2.24) is 20.2 Å². The normalized spacial score (nSPS) is 11.4. The molecule has 3 aromatic rings. The van der Waals surface area contributed by atoms with E-state index in [0.29, 0.717) is 10.7 Å². The number of aryl methyl sites for hydroxylation is 1. The standard InChI is InChI=1S/C17H17N5O4S3/c1-10-7-27-16-15(10)18-9-19-17(16)28-8-14(24)21-22-29(25,26)13-5-3-12(4-6-13)20-11(2)23/h3-7,9,22H,8H2,1-2H3,(H,20,23)(H,21,24). The number of carbonyl (C=O) groups excluding carboxylic acids is 2. The van der Waals surface area contributed by atoms with Gasteiger partial charge in [0, 0.05) is 12.6 Å². The monoisotopic (exact) mass is 451 g/mol. The van der Waals surface area contributed by atoms with E-state index in [4.69, 9.17) is 0 Å². The number of fused-ring (bicyclic) bond motifs is 1. The third kappa shape index (κ3) is 5.29. The van der Waals surface area contributed by atoms with Crippen LogP contribution in [-0.2, 0) is 19.6 Å². The number of nitrogens with zero attached hydrogens (tertiary/aromatic N) is 2. The summed E-state index contributed by atoms with van der Waals surface area (Å²) in [7, 11) is -3.94. The lowest BCUT2D eigenvalue weighted by atomic mass is 10.3. The first-order chi connectivity index (χ1) is 13.8. The number of benzene rings is 1. The summed E-state index contributed by atoms with van der Waals surface area (Å²) in [6, 6.07) is 5.56. The van der Waals surface area contributed by atoms with Gasteiger partial charge in [-0.15, -0.1) is 16.2 Å². The number of rotatable bonds is 7. The molecule has 0 unspecified atom stereocenters. The Morgan fingerprint density at radius 2 is 1.90 bits per heavy atom. The fourth-order valence-corrected chi connectivity index (χ4v) is 5.08. The van der Waals surface area contributed by atoms with Crippen LogP contribution in [0.15, 0.2) is 45.9 Å². The van der Waals surface area contributed by atoms with Crippen molar-refractivity contribution in [2.45, 2.75) is 23.8 Å². The van der Waals surface area contributed by atoms with E-state index in [-0.39, 0.29) is 16.6 Å². The van der Waals surface area contributed by atoms with Crippen molar-refractivity contribution < 1.29 is 18.0 Å². The molecular formula is C17H17N5O4S3. The van der Waals surface area contributed by atoms with Gasteiger partial charge in [-0.3, -0.25) is 15.0 Å². The summed E-state index contributed by atoms with van der Waals surface area (Å²) in [5.41, 5.74) is 4.54. The average Bonchev–Trinajstić information content (AvgIpc) is 3.06. The topological polar surface area (TPSA) is 130 Å². The molecule has 0 fully saturated rings. The summed E-state index contributed by atoms with van der Waals surface area (Å²) in [4.78, 5) is 33.5. The molecule has 0 aliphatic heterocycles. The fraction of sp³-hybridized carbons (Fsp3) is 0.176. The van der Waals surface area contributed by atoms with Crippen molar-refractivity contribution in [3.05, 3.63) is 41.5 Å². The highest BCUT2D eigenvalue weighted by atomic mass is 32.2. The summed E-state index contributed by atoms with van der Waals surface area (Å²) in [5.74, 6) is -0.803. The van der Waals surface area contributed by atoms with Crippen LogP contribution >= 0.6 is 23.1 Å². The molecule has 3 N–H and O–H groups in total. The number of thiophene rings is 1. The van der Waals surface area contributed by atoms with Gasteiger partial charge in [0.1, 0.15) is 11.4 Å². The number of carbonyl (C=O) groups is 2. The number of sulfonamides is 1. The van der Waals surface area contributed by atoms with Gasteiger partial charge in [-0.1, -0.05) is 11.8 Å². The molecule has 0 saturated carbocycles. The lowest BCUT2D eigenvalue weighted by molar-refractivity contribution is -0.119. The highest BCUT2D eigenvalue weighted by Gasteiger charge is 2.16. The lowest BCUT2D eigenvalue weighted by Crippen LogP contribution is -2.42. The first-order valence-corrected chi connectivity index (χ1v) is 11.6. The van der Waals surface area contributed by atoms with E-state index in [9.17, 15) is 18.0 Å². The van der Waals surface area contributed by atoms with Crippen LogP contribution in [0.2, 0.25) is 0 Å². The molecule has 152 valence electrons. The summed E-state index contributed by atoms with van der Waals surface area (Å²) < 4.78 is 25.5. The van der Waals surface area contributed by atoms with E-state index in [0.717, 1.165) is 15.8 Å². The van der Waals surface area contributed by atoms with Gasteiger partial charge in [0.05, 0.1) is 20.9 Å². The van der Waals surface area contributed by atoms with Crippen LogP contribution in [0.4, 0.5) is 5.69 Å². The zero-order valence-electron chi connectivity index (χ0n) is 15.4. The maximum atomic E-state index is 12.3. The van der Waals surface area contributed by atoms with Gasteiger partial charge in [0.25, 0.3) is 10.0 Å². The van der Waals surface area contributed by atoms with Gasteiger partial charge in [-0.05, 0) is 42.1 Å². The SMILES string of the molecule is CC(=O)Nc1ccc(S(=O)(=O)NNC(=O)CSc2ncnc3c(C)csc23)cc1. The maximum absolute atomic E-state index is 12.3. The summed E-state index contributed by atoms with van der Waals surface area (Å²) >= 11 is 2.69. The molecule has 0 spiro atoms. The molecular weight excluding hydrogens is 434 g/mol. The van der Waals surface area contributed by atoms with Crippen LogP contribution in [0.25, 0.3) is 10.2 Å². The van der Waals surface area contributed by atoms with Crippen molar-refractivity contribution in [2.75, 3.05) is 11.1 Å². The third-order valence-electron chi connectivity index (χ3n) is 3.65. The van der Waals surface area contributed by atoms with Gasteiger partial charge in [-0.25, -0.2) is 18.4 Å². The molecule has 0 atom stereocenters. The van der Waals surface area contributed by atoms with Crippen molar-refractivity contribution in [3.8, 4) is 0 Å². The van der Waals surface area contributed by atoms with Crippen molar-refractivity contribution in [1.29, 1.82) is 0 Å². The lowest BCUT2D eigenvalue weighted by Gasteiger charge is -2.09. The predicted octanol–water partition coefficient (Wildman–Crippen LogP) is 2.06. The van der Waals surface area contributed by atoms with E-state index in [1.807, 2.05) is 12.3 Å². The molecule has 0 aliphatic carbocycles. The molecule has 2 heterocycles. The van der Waals surface area contributed by atoms with Crippen molar-refractivity contribution in [3.63, 3.8) is 0 Å². The molecule has 0 radical (unpaired) electrons. The second-order valence-corrected chi connectivity index (χ2v) is 9.45. The van der Waals surface area contributed by atoms with Gasteiger partial charge >= 0.3 is 0 Å². The highest BCUT2D eigenvalue weighted by molar-refractivity contribution is 8.00. The first-order valence-electron chi connectivity index (χ1n) is 8.26. The zero-order chi connectivity index (χ0) is 21.0. The number of thioether (sulfide) groups is 1.